The van der Waals surface area contributed by atoms with Crippen LogP contribution in [0.3, 0.4) is 0 Å². The van der Waals surface area contributed by atoms with Gasteiger partial charge in [0.15, 0.2) is 0 Å². The van der Waals surface area contributed by atoms with Gasteiger partial charge in [-0.2, -0.15) is 0 Å². The van der Waals surface area contributed by atoms with Gasteiger partial charge in [-0.1, -0.05) is 0 Å². The second kappa shape index (κ2) is 7.35. The molecule has 0 heterocycles. The number of ether oxygens (including phenoxy) is 2. The maximum Gasteiger partial charge on any atom is 0.148 e. The number of nitrogens with zero attached hydrogens (tertiary/aromatic N) is 1. The lowest BCUT2D eigenvalue weighted by molar-refractivity contribution is 0.244. The summed E-state index contributed by atoms with van der Waals surface area (Å²) in [7, 11) is 0.595. The van der Waals surface area contributed by atoms with Crippen LogP contribution in [0.2, 0.25) is 0 Å². The van der Waals surface area contributed by atoms with Crippen LogP contribution in [-0.4, -0.2) is 59.2 Å². The van der Waals surface area contributed by atoms with Gasteiger partial charge in [-0.3, -0.25) is 0 Å². The lowest BCUT2D eigenvalue weighted by atomic mass is 10.3. The highest BCUT2D eigenvalue weighted by atomic mass is 32.2. The first-order valence-electron chi connectivity index (χ1n) is 6.04. The monoisotopic (exact) mass is 287 g/mol. The predicted octanol–water partition coefficient (Wildman–Crippen LogP) is 1.05. The fourth-order valence-corrected chi connectivity index (χ4v) is 2.07. The molecule has 0 bridgehead atoms. The Kier molecular flexibility index (Phi) is 6.11. The molecule has 0 atom stereocenters. The fourth-order valence-electron chi connectivity index (χ4n) is 1.42. The standard InChI is InChI=1S/C13H21NO4S/c1-14(9-11-19(3,15)16)8-10-18-13-6-4-12(17-2)5-7-13/h4-7H,8-11H2,1-3H3. The Morgan fingerprint density at radius 1 is 1.11 bits per heavy atom. The van der Waals surface area contributed by atoms with E-state index in [0.29, 0.717) is 19.7 Å². The molecule has 1 aromatic rings. The van der Waals surface area contributed by atoms with Crippen molar-refractivity contribution < 1.29 is 17.9 Å². The number of benzene rings is 1. The smallest absolute Gasteiger partial charge is 0.148 e. The topological polar surface area (TPSA) is 55.8 Å². The summed E-state index contributed by atoms with van der Waals surface area (Å²) < 4.78 is 32.7. The number of sulfone groups is 1. The van der Waals surface area contributed by atoms with Crippen LogP contribution in [-0.2, 0) is 9.84 Å². The van der Waals surface area contributed by atoms with Gasteiger partial charge in [-0.25, -0.2) is 8.42 Å². The molecule has 0 radical (unpaired) electrons. The van der Waals surface area contributed by atoms with E-state index in [2.05, 4.69) is 0 Å². The summed E-state index contributed by atoms with van der Waals surface area (Å²) in [6.07, 6.45) is 1.24. The van der Waals surface area contributed by atoms with Crippen molar-refractivity contribution >= 4 is 9.84 Å². The Labute approximate surface area is 115 Å². The second-order valence-electron chi connectivity index (χ2n) is 4.46. The van der Waals surface area contributed by atoms with Crippen molar-refractivity contribution in [2.24, 2.45) is 0 Å². The highest BCUT2D eigenvalue weighted by Crippen LogP contribution is 2.16. The molecule has 0 aliphatic carbocycles. The molecule has 0 aliphatic heterocycles. The van der Waals surface area contributed by atoms with E-state index < -0.39 is 9.84 Å². The van der Waals surface area contributed by atoms with Gasteiger partial charge in [-0.15, -0.1) is 0 Å². The minimum Gasteiger partial charge on any atom is -0.497 e. The summed E-state index contributed by atoms with van der Waals surface area (Å²) in [5.74, 6) is 1.74. The Balaban J connectivity index is 2.25. The molecule has 0 aliphatic rings. The molecule has 5 nitrogen and oxygen atoms in total. The van der Waals surface area contributed by atoms with E-state index in [4.69, 9.17) is 9.47 Å². The highest BCUT2D eigenvalue weighted by Gasteiger charge is 2.05. The van der Waals surface area contributed by atoms with E-state index in [9.17, 15) is 8.42 Å². The maximum atomic E-state index is 11.0. The highest BCUT2D eigenvalue weighted by molar-refractivity contribution is 7.90. The quantitative estimate of drug-likeness (QED) is 0.715. The van der Waals surface area contributed by atoms with Crippen LogP contribution in [0.25, 0.3) is 0 Å². The Morgan fingerprint density at radius 2 is 1.68 bits per heavy atom. The second-order valence-corrected chi connectivity index (χ2v) is 6.72. The van der Waals surface area contributed by atoms with E-state index in [-0.39, 0.29) is 5.75 Å². The van der Waals surface area contributed by atoms with E-state index in [1.54, 1.807) is 7.11 Å². The van der Waals surface area contributed by atoms with Crippen LogP contribution < -0.4 is 9.47 Å². The average molecular weight is 287 g/mol. The first-order valence-corrected chi connectivity index (χ1v) is 8.10. The van der Waals surface area contributed by atoms with Crippen molar-refractivity contribution in [3.05, 3.63) is 24.3 Å². The van der Waals surface area contributed by atoms with Crippen LogP contribution in [0, 0.1) is 0 Å². The zero-order chi connectivity index (χ0) is 14.3. The third kappa shape index (κ3) is 7.03. The molecule has 1 rings (SSSR count). The summed E-state index contributed by atoms with van der Waals surface area (Å²) in [5, 5.41) is 0. The molecule has 0 fully saturated rings. The predicted molar refractivity (Wildman–Crippen MR) is 75.7 cm³/mol. The van der Waals surface area contributed by atoms with Gasteiger partial charge in [0, 0.05) is 19.3 Å². The first-order chi connectivity index (χ1) is 8.90. The maximum absolute atomic E-state index is 11.0. The zero-order valence-electron chi connectivity index (χ0n) is 11.6. The summed E-state index contributed by atoms with van der Waals surface area (Å²) >= 11 is 0. The Bertz CT molecular complexity index is 470. The van der Waals surface area contributed by atoms with E-state index in [1.165, 1.54) is 6.26 Å². The van der Waals surface area contributed by atoms with Crippen LogP contribution in [0.1, 0.15) is 0 Å². The molecule has 0 aromatic heterocycles. The van der Waals surface area contributed by atoms with Crippen LogP contribution >= 0.6 is 0 Å². The fraction of sp³-hybridized carbons (Fsp3) is 0.538. The minimum absolute atomic E-state index is 0.173. The van der Waals surface area contributed by atoms with Crippen molar-refractivity contribution in [1.82, 2.24) is 4.90 Å². The molecular formula is C13H21NO4S. The van der Waals surface area contributed by atoms with Gasteiger partial charge in [0.2, 0.25) is 0 Å². The lowest BCUT2D eigenvalue weighted by Crippen LogP contribution is -2.29. The zero-order valence-corrected chi connectivity index (χ0v) is 12.4. The summed E-state index contributed by atoms with van der Waals surface area (Å²) in [4.78, 5) is 1.94. The Hall–Kier alpha value is -1.27. The largest absolute Gasteiger partial charge is 0.497 e. The molecule has 6 heteroatoms. The van der Waals surface area contributed by atoms with Crippen molar-refractivity contribution in [3.8, 4) is 11.5 Å². The number of likely N-dealkylation sites (N-methyl/N-ethyl adjacent to an activating group) is 1. The molecule has 108 valence electrons. The lowest BCUT2D eigenvalue weighted by Gasteiger charge is -2.16. The molecule has 0 unspecified atom stereocenters. The molecule has 0 spiro atoms. The van der Waals surface area contributed by atoms with Gasteiger partial charge < -0.3 is 14.4 Å². The minimum atomic E-state index is -2.90. The van der Waals surface area contributed by atoms with E-state index in [1.807, 2.05) is 36.2 Å². The van der Waals surface area contributed by atoms with Gasteiger partial charge in [0.05, 0.1) is 12.9 Å². The van der Waals surface area contributed by atoms with Crippen LogP contribution in [0.15, 0.2) is 24.3 Å². The van der Waals surface area contributed by atoms with Crippen molar-refractivity contribution in [2.75, 3.05) is 45.9 Å². The normalized spacial score (nSPS) is 11.6. The van der Waals surface area contributed by atoms with E-state index in [0.717, 1.165) is 11.5 Å². The first kappa shape index (κ1) is 15.8. The molecule has 0 saturated carbocycles. The van der Waals surface area contributed by atoms with Gasteiger partial charge >= 0.3 is 0 Å². The molecule has 19 heavy (non-hydrogen) atoms. The third-order valence-electron chi connectivity index (χ3n) is 2.64. The number of methoxy groups -OCH3 is 1. The molecule has 0 saturated heterocycles. The number of hydrogen-bond donors (Lipinski definition) is 0. The van der Waals surface area contributed by atoms with Gasteiger partial charge in [-0.05, 0) is 31.3 Å². The summed E-state index contributed by atoms with van der Waals surface area (Å²) in [6.45, 7) is 1.72. The number of hydrogen-bond acceptors (Lipinski definition) is 5. The third-order valence-corrected chi connectivity index (χ3v) is 3.57. The Morgan fingerprint density at radius 3 is 2.21 bits per heavy atom. The van der Waals surface area contributed by atoms with Crippen molar-refractivity contribution in [1.29, 1.82) is 0 Å². The summed E-state index contributed by atoms with van der Waals surface area (Å²) in [5.41, 5.74) is 0. The molecule has 1 aromatic carbocycles. The molecular weight excluding hydrogens is 266 g/mol. The number of rotatable bonds is 8. The van der Waals surface area contributed by atoms with Crippen molar-refractivity contribution in [2.45, 2.75) is 0 Å². The molecule has 0 amide bonds. The van der Waals surface area contributed by atoms with Crippen molar-refractivity contribution in [3.63, 3.8) is 0 Å². The van der Waals surface area contributed by atoms with Gasteiger partial charge in [0.1, 0.15) is 27.9 Å². The van der Waals surface area contributed by atoms with Crippen LogP contribution in [0.4, 0.5) is 0 Å². The van der Waals surface area contributed by atoms with Crippen LogP contribution in [0.5, 0.6) is 11.5 Å². The average Bonchev–Trinajstić information content (AvgIpc) is 2.36. The molecule has 0 N–H and O–H groups in total. The van der Waals surface area contributed by atoms with E-state index >= 15 is 0 Å². The van der Waals surface area contributed by atoms with Gasteiger partial charge in [0.25, 0.3) is 0 Å². The summed E-state index contributed by atoms with van der Waals surface area (Å²) in [6, 6.07) is 7.36. The SMILES string of the molecule is COc1ccc(OCCN(C)CCS(C)(=O)=O)cc1.